The molecule has 0 unspecified atom stereocenters. The average molecular weight is 394 g/mol. The fourth-order valence-corrected chi connectivity index (χ4v) is 4.45. The molecule has 29 heavy (non-hydrogen) atoms. The normalized spacial score (nSPS) is 18.7. The lowest BCUT2D eigenvalue weighted by Crippen LogP contribution is -2.51. The van der Waals surface area contributed by atoms with Crippen molar-refractivity contribution in [2.24, 2.45) is 5.92 Å². The summed E-state index contributed by atoms with van der Waals surface area (Å²) in [4.78, 5) is 19.9. The number of hydrogen-bond donors (Lipinski definition) is 0. The van der Waals surface area contributed by atoms with Crippen LogP contribution < -0.4 is 9.64 Å². The first kappa shape index (κ1) is 19.8. The Bertz CT molecular complexity index is 795. The molecule has 0 spiro atoms. The summed E-state index contributed by atoms with van der Waals surface area (Å²) in [7, 11) is 1.70. The van der Waals surface area contributed by atoms with Gasteiger partial charge in [0.1, 0.15) is 5.75 Å². The maximum Gasteiger partial charge on any atom is 0.225 e. The number of methoxy groups -OCH3 is 1. The monoisotopic (exact) mass is 393 g/mol. The average Bonchev–Trinajstić information content (AvgIpc) is 2.80. The number of amides is 1. The van der Waals surface area contributed by atoms with Gasteiger partial charge in [-0.05, 0) is 55.8 Å². The number of rotatable bonds is 5. The number of para-hydroxylation sites is 1. The van der Waals surface area contributed by atoms with E-state index in [4.69, 9.17) is 4.74 Å². The summed E-state index contributed by atoms with van der Waals surface area (Å²) in [5, 5.41) is 0. The molecule has 2 fully saturated rings. The van der Waals surface area contributed by atoms with Crippen molar-refractivity contribution in [3.05, 3.63) is 60.2 Å². The summed E-state index contributed by atoms with van der Waals surface area (Å²) in [6, 6.07) is 18.8. The minimum atomic E-state index is 0.180. The molecule has 0 radical (unpaired) electrons. The molecule has 2 heterocycles. The number of carbonyl (C=O) groups is 1. The van der Waals surface area contributed by atoms with Gasteiger partial charge >= 0.3 is 0 Å². The Morgan fingerprint density at radius 1 is 0.931 bits per heavy atom. The van der Waals surface area contributed by atoms with Crippen LogP contribution in [0, 0.1) is 5.92 Å². The molecule has 4 rings (SSSR count). The highest BCUT2D eigenvalue weighted by Gasteiger charge is 2.30. The van der Waals surface area contributed by atoms with E-state index in [0.29, 0.717) is 5.91 Å². The van der Waals surface area contributed by atoms with Gasteiger partial charge in [-0.3, -0.25) is 9.69 Å². The van der Waals surface area contributed by atoms with Crippen LogP contribution in [0.5, 0.6) is 5.75 Å². The van der Waals surface area contributed by atoms with E-state index >= 15 is 0 Å². The van der Waals surface area contributed by atoms with E-state index in [9.17, 15) is 4.79 Å². The molecule has 0 aliphatic carbocycles. The molecule has 5 nitrogen and oxygen atoms in total. The van der Waals surface area contributed by atoms with Gasteiger partial charge in [-0.25, -0.2) is 0 Å². The van der Waals surface area contributed by atoms with Gasteiger partial charge in [0, 0.05) is 44.3 Å². The topological polar surface area (TPSA) is 36.0 Å². The molecule has 0 aromatic heterocycles. The molecule has 1 amide bonds. The largest absolute Gasteiger partial charge is 0.497 e. The summed E-state index contributed by atoms with van der Waals surface area (Å²) in [6.45, 7) is 6.40. The summed E-state index contributed by atoms with van der Waals surface area (Å²) < 4.78 is 5.32. The van der Waals surface area contributed by atoms with E-state index < -0.39 is 0 Å². The summed E-state index contributed by atoms with van der Waals surface area (Å²) in [5.74, 6) is 1.45. The van der Waals surface area contributed by atoms with E-state index in [1.165, 1.54) is 11.3 Å². The van der Waals surface area contributed by atoms with Crippen LogP contribution in [0.3, 0.4) is 0 Å². The third-order valence-electron chi connectivity index (χ3n) is 6.19. The number of benzene rings is 2. The van der Waals surface area contributed by atoms with Crippen LogP contribution in [0.4, 0.5) is 5.69 Å². The number of carbonyl (C=O) groups excluding carboxylic acids is 1. The van der Waals surface area contributed by atoms with Crippen LogP contribution in [0.1, 0.15) is 18.4 Å². The maximum absolute atomic E-state index is 13.0. The van der Waals surface area contributed by atoms with Crippen LogP contribution in [0.15, 0.2) is 54.6 Å². The molecule has 0 bridgehead atoms. The molecular formula is C24H31N3O2. The fraction of sp³-hybridized carbons (Fsp3) is 0.458. The highest BCUT2D eigenvalue weighted by Crippen LogP contribution is 2.24. The minimum absolute atomic E-state index is 0.180. The van der Waals surface area contributed by atoms with E-state index in [0.717, 1.165) is 64.4 Å². The molecule has 2 saturated heterocycles. The van der Waals surface area contributed by atoms with E-state index in [1.807, 2.05) is 18.2 Å². The fourth-order valence-electron chi connectivity index (χ4n) is 4.45. The minimum Gasteiger partial charge on any atom is -0.497 e. The SMILES string of the molecule is COc1cccc(CN2CCC(C(=O)N3CCN(c4ccccc4)CC3)CC2)c1. The number of nitrogens with zero attached hydrogens (tertiary/aromatic N) is 3. The molecular weight excluding hydrogens is 362 g/mol. The summed E-state index contributed by atoms with van der Waals surface area (Å²) >= 11 is 0. The second-order valence-electron chi connectivity index (χ2n) is 8.05. The Kier molecular flexibility index (Phi) is 6.35. The standard InChI is InChI=1S/C24H31N3O2/c1-29-23-9-5-6-20(18-23)19-25-12-10-21(11-13-25)24(28)27-16-14-26(15-17-27)22-7-3-2-4-8-22/h2-9,18,21H,10-17,19H2,1H3. The van der Waals surface area contributed by atoms with Crippen molar-refractivity contribution in [3.8, 4) is 5.75 Å². The maximum atomic E-state index is 13.0. The molecule has 0 N–H and O–H groups in total. The molecule has 0 saturated carbocycles. The first-order chi connectivity index (χ1) is 14.2. The van der Waals surface area contributed by atoms with Crippen molar-refractivity contribution in [1.82, 2.24) is 9.80 Å². The Morgan fingerprint density at radius 3 is 2.34 bits per heavy atom. The van der Waals surface area contributed by atoms with Crippen molar-refractivity contribution < 1.29 is 9.53 Å². The van der Waals surface area contributed by atoms with Crippen molar-refractivity contribution in [3.63, 3.8) is 0 Å². The Balaban J connectivity index is 1.24. The van der Waals surface area contributed by atoms with Crippen molar-refractivity contribution in [2.75, 3.05) is 51.3 Å². The zero-order valence-corrected chi connectivity index (χ0v) is 17.3. The molecule has 2 aromatic rings. The summed E-state index contributed by atoms with van der Waals surface area (Å²) in [5.41, 5.74) is 2.52. The lowest BCUT2D eigenvalue weighted by molar-refractivity contribution is -0.137. The van der Waals surface area contributed by atoms with Gasteiger partial charge in [0.2, 0.25) is 5.91 Å². The second kappa shape index (κ2) is 9.31. The number of hydrogen-bond acceptors (Lipinski definition) is 4. The second-order valence-corrected chi connectivity index (χ2v) is 8.05. The Morgan fingerprint density at radius 2 is 1.66 bits per heavy atom. The molecule has 5 heteroatoms. The van der Waals surface area contributed by atoms with Crippen molar-refractivity contribution >= 4 is 11.6 Å². The quantitative estimate of drug-likeness (QED) is 0.781. The van der Waals surface area contributed by atoms with Gasteiger partial charge in [0.05, 0.1) is 7.11 Å². The first-order valence-corrected chi connectivity index (χ1v) is 10.7. The Labute approximate surface area is 173 Å². The van der Waals surface area contributed by atoms with Crippen LogP contribution in [-0.4, -0.2) is 62.1 Å². The van der Waals surface area contributed by atoms with Crippen LogP contribution in [0.25, 0.3) is 0 Å². The van der Waals surface area contributed by atoms with E-state index in [-0.39, 0.29) is 5.92 Å². The van der Waals surface area contributed by atoms with Crippen LogP contribution in [0.2, 0.25) is 0 Å². The van der Waals surface area contributed by atoms with Crippen molar-refractivity contribution in [2.45, 2.75) is 19.4 Å². The van der Waals surface area contributed by atoms with Gasteiger partial charge in [-0.2, -0.15) is 0 Å². The van der Waals surface area contributed by atoms with Crippen LogP contribution >= 0.6 is 0 Å². The molecule has 2 aliphatic rings. The zero-order chi connectivity index (χ0) is 20.1. The first-order valence-electron chi connectivity index (χ1n) is 10.7. The number of piperazine rings is 1. The van der Waals surface area contributed by atoms with Gasteiger partial charge < -0.3 is 14.5 Å². The zero-order valence-electron chi connectivity index (χ0n) is 17.3. The number of anilines is 1. The lowest BCUT2D eigenvalue weighted by atomic mass is 9.94. The third kappa shape index (κ3) is 4.91. The van der Waals surface area contributed by atoms with Gasteiger partial charge in [0.15, 0.2) is 0 Å². The third-order valence-corrected chi connectivity index (χ3v) is 6.19. The highest BCUT2D eigenvalue weighted by atomic mass is 16.5. The Hall–Kier alpha value is -2.53. The number of likely N-dealkylation sites (tertiary alicyclic amines) is 1. The van der Waals surface area contributed by atoms with Crippen molar-refractivity contribution in [1.29, 1.82) is 0 Å². The van der Waals surface area contributed by atoms with E-state index in [1.54, 1.807) is 7.11 Å². The molecule has 0 atom stereocenters. The van der Waals surface area contributed by atoms with Gasteiger partial charge in [-0.15, -0.1) is 0 Å². The number of piperidine rings is 1. The molecule has 154 valence electrons. The van der Waals surface area contributed by atoms with Crippen LogP contribution in [-0.2, 0) is 11.3 Å². The summed E-state index contributed by atoms with van der Waals surface area (Å²) in [6.07, 6.45) is 1.92. The van der Waals surface area contributed by atoms with E-state index in [2.05, 4.69) is 51.1 Å². The molecule has 2 aliphatic heterocycles. The highest BCUT2D eigenvalue weighted by molar-refractivity contribution is 5.79. The molecule has 2 aromatic carbocycles. The predicted octanol–water partition coefficient (Wildman–Crippen LogP) is 3.26. The van der Waals surface area contributed by atoms with Gasteiger partial charge in [-0.1, -0.05) is 30.3 Å². The smallest absolute Gasteiger partial charge is 0.225 e. The predicted molar refractivity (Wildman–Crippen MR) is 116 cm³/mol. The number of ether oxygens (including phenoxy) is 1. The lowest BCUT2D eigenvalue weighted by Gasteiger charge is -2.39. The van der Waals surface area contributed by atoms with Gasteiger partial charge in [0.25, 0.3) is 0 Å².